The molecule has 4 nitrogen and oxygen atoms in total. The molecule has 0 aliphatic rings. The number of aromatic nitrogens is 2. The van der Waals surface area contributed by atoms with Gasteiger partial charge in [-0.2, -0.15) is 4.98 Å². The predicted molar refractivity (Wildman–Crippen MR) is 90.7 cm³/mol. The largest absolute Gasteiger partial charge is 0.339 e. The van der Waals surface area contributed by atoms with Gasteiger partial charge in [-0.05, 0) is 23.7 Å². The maximum absolute atomic E-state index is 5.14. The third kappa shape index (κ3) is 4.05. The number of benzene rings is 2. The Balaban J connectivity index is 1.61. The summed E-state index contributed by atoms with van der Waals surface area (Å²) in [5.41, 5.74) is 3.75. The first-order valence-electron chi connectivity index (χ1n) is 7.89. The third-order valence-corrected chi connectivity index (χ3v) is 3.74. The lowest BCUT2D eigenvalue weighted by Gasteiger charge is -2.14. The van der Waals surface area contributed by atoms with Crippen LogP contribution in [-0.4, -0.2) is 22.1 Å². The van der Waals surface area contributed by atoms with Crippen LogP contribution >= 0.6 is 0 Å². The van der Waals surface area contributed by atoms with Crippen LogP contribution in [0.3, 0.4) is 0 Å². The quantitative estimate of drug-likeness (QED) is 0.692. The Bertz CT molecular complexity index is 735. The Morgan fingerprint density at radius 3 is 2.26 bits per heavy atom. The van der Waals surface area contributed by atoms with E-state index in [9.17, 15) is 0 Å². The van der Waals surface area contributed by atoms with Crippen molar-refractivity contribution >= 4 is 0 Å². The van der Waals surface area contributed by atoms with Gasteiger partial charge in [0.05, 0.1) is 6.54 Å². The summed E-state index contributed by atoms with van der Waals surface area (Å²) in [6, 6.07) is 19.1. The van der Waals surface area contributed by atoms with Crippen LogP contribution < -0.4 is 0 Å². The van der Waals surface area contributed by atoms with Crippen molar-refractivity contribution in [1.29, 1.82) is 0 Å². The van der Waals surface area contributed by atoms with Gasteiger partial charge in [-0.3, -0.25) is 4.90 Å². The highest BCUT2D eigenvalue weighted by Gasteiger charge is 2.08. The molecule has 0 saturated carbocycles. The molecule has 0 atom stereocenters. The van der Waals surface area contributed by atoms with E-state index in [-0.39, 0.29) is 0 Å². The maximum atomic E-state index is 5.14. The molecule has 4 heteroatoms. The zero-order chi connectivity index (χ0) is 16.1. The summed E-state index contributed by atoms with van der Waals surface area (Å²) in [7, 11) is 2.06. The fourth-order valence-electron chi connectivity index (χ4n) is 2.54. The van der Waals surface area contributed by atoms with E-state index in [2.05, 4.69) is 70.6 Å². The van der Waals surface area contributed by atoms with Gasteiger partial charge in [-0.25, -0.2) is 0 Å². The second-order valence-electron chi connectivity index (χ2n) is 5.69. The fourth-order valence-corrected chi connectivity index (χ4v) is 2.54. The van der Waals surface area contributed by atoms with Crippen molar-refractivity contribution in [3.05, 3.63) is 71.9 Å². The van der Waals surface area contributed by atoms with E-state index >= 15 is 0 Å². The first-order valence-corrected chi connectivity index (χ1v) is 7.89. The molecular weight excluding hydrogens is 286 g/mol. The van der Waals surface area contributed by atoms with Crippen LogP contribution in [0.4, 0.5) is 0 Å². The minimum absolute atomic E-state index is 0.684. The standard InChI is InChI=1S/C19H21N3O/c1-3-19-20-18(21-23-19)14-22(2)13-15-9-11-17(12-10-15)16-7-5-4-6-8-16/h4-12H,3,13-14H2,1-2H3. The van der Waals surface area contributed by atoms with E-state index in [0.717, 1.165) is 18.8 Å². The highest BCUT2D eigenvalue weighted by Crippen LogP contribution is 2.19. The zero-order valence-electron chi connectivity index (χ0n) is 13.6. The van der Waals surface area contributed by atoms with Crippen molar-refractivity contribution in [3.63, 3.8) is 0 Å². The molecule has 0 radical (unpaired) electrons. The van der Waals surface area contributed by atoms with Gasteiger partial charge >= 0.3 is 0 Å². The number of rotatable bonds is 6. The molecule has 0 bridgehead atoms. The summed E-state index contributed by atoms with van der Waals surface area (Å²) in [6.45, 7) is 3.55. The van der Waals surface area contributed by atoms with Crippen LogP contribution in [-0.2, 0) is 19.5 Å². The summed E-state index contributed by atoms with van der Waals surface area (Å²) in [5.74, 6) is 1.44. The van der Waals surface area contributed by atoms with Gasteiger partial charge in [-0.15, -0.1) is 0 Å². The van der Waals surface area contributed by atoms with E-state index in [4.69, 9.17) is 4.52 Å². The lowest BCUT2D eigenvalue weighted by molar-refractivity contribution is 0.300. The summed E-state index contributed by atoms with van der Waals surface area (Å²) < 4.78 is 5.14. The van der Waals surface area contributed by atoms with Gasteiger partial charge in [0.25, 0.3) is 0 Å². The highest BCUT2D eigenvalue weighted by atomic mass is 16.5. The number of nitrogens with zero attached hydrogens (tertiary/aromatic N) is 3. The molecule has 0 amide bonds. The molecule has 0 spiro atoms. The number of hydrogen-bond donors (Lipinski definition) is 0. The van der Waals surface area contributed by atoms with Gasteiger partial charge in [0.1, 0.15) is 0 Å². The normalized spacial score (nSPS) is 11.1. The average molecular weight is 307 g/mol. The second-order valence-corrected chi connectivity index (χ2v) is 5.69. The lowest BCUT2D eigenvalue weighted by atomic mass is 10.0. The van der Waals surface area contributed by atoms with Gasteiger partial charge in [0.2, 0.25) is 5.89 Å². The third-order valence-electron chi connectivity index (χ3n) is 3.74. The first-order chi connectivity index (χ1) is 11.2. The Morgan fingerprint density at radius 1 is 0.913 bits per heavy atom. The van der Waals surface area contributed by atoms with E-state index in [1.807, 2.05) is 13.0 Å². The first kappa shape index (κ1) is 15.4. The molecule has 0 fully saturated rings. The molecule has 2 aromatic carbocycles. The van der Waals surface area contributed by atoms with Gasteiger partial charge in [0.15, 0.2) is 5.82 Å². The smallest absolute Gasteiger partial charge is 0.226 e. The molecule has 0 N–H and O–H groups in total. The minimum Gasteiger partial charge on any atom is -0.339 e. The van der Waals surface area contributed by atoms with Crippen molar-refractivity contribution in [2.24, 2.45) is 0 Å². The van der Waals surface area contributed by atoms with Gasteiger partial charge in [-0.1, -0.05) is 66.7 Å². The topological polar surface area (TPSA) is 42.2 Å². The molecule has 1 aromatic heterocycles. The van der Waals surface area contributed by atoms with Crippen molar-refractivity contribution in [3.8, 4) is 11.1 Å². The molecule has 3 rings (SSSR count). The van der Waals surface area contributed by atoms with E-state index in [1.165, 1.54) is 16.7 Å². The zero-order valence-corrected chi connectivity index (χ0v) is 13.6. The SMILES string of the molecule is CCc1nc(CN(C)Cc2ccc(-c3ccccc3)cc2)no1. The molecule has 23 heavy (non-hydrogen) atoms. The second kappa shape index (κ2) is 7.20. The Labute approximate surface area is 136 Å². The number of hydrogen-bond acceptors (Lipinski definition) is 4. The summed E-state index contributed by atoms with van der Waals surface area (Å²) in [5, 5.41) is 3.99. The molecule has 0 saturated heterocycles. The molecule has 1 heterocycles. The monoisotopic (exact) mass is 307 g/mol. The molecule has 3 aromatic rings. The Morgan fingerprint density at radius 2 is 1.61 bits per heavy atom. The lowest BCUT2D eigenvalue weighted by Crippen LogP contribution is -2.18. The van der Waals surface area contributed by atoms with Crippen molar-refractivity contribution in [2.75, 3.05) is 7.05 Å². The van der Waals surface area contributed by atoms with Crippen molar-refractivity contribution in [2.45, 2.75) is 26.4 Å². The molecule has 0 aliphatic heterocycles. The maximum Gasteiger partial charge on any atom is 0.226 e. The van der Waals surface area contributed by atoms with Crippen LogP contribution in [0.5, 0.6) is 0 Å². The Hall–Kier alpha value is -2.46. The van der Waals surface area contributed by atoms with Gasteiger partial charge in [0, 0.05) is 13.0 Å². The van der Waals surface area contributed by atoms with Crippen LogP contribution in [0.15, 0.2) is 59.1 Å². The van der Waals surface area contributed by atoms with Crippen LogP contribution in [0.25, 0.3) is 11.1 Å². The minimum atomic E-state index is 0.684. The highest BCUT2D eigenvalue weighted by molar-refractivity contribution is 5.63. The average Bonchev–Trinajstić information content (AvgIpc) is 3.04. The fraction of sp³-hybridized carbons (Fsp3) is 0.263. The van der Waals surface area contributed by atoms with E-state index in [1.54, 1.807) is 0 Å². The Kier molecular flexibility index (Phi) is 4.83. The predicted octanol–water partition coefficient (Wildman–Crippen LogP) is 3.93. The van der Waals surface area contributed by atoms with Crippen LogP contribution in [0.1, 0.15) is 24.2 Å². The van der Waals surface area contributed by atoms with E-state index in [0.29, 0.717) is 12.4 Å². The summed E-state index contributed by atoms with van der Waals surface area (Å²) in [6.07, 6.45) is 0.775. The van der Waals surface area contributed by atoms with Crippen molar-refractivity contribution < 1.29 is 4.52 Å². The molecule has 0 aliphatic carbocycles. The molecular formula is C19H21N3O. The van der Waals surface area contributed by atoms with Crippen LogP contribution in [0, 0.1) is 0 Å². The van der Waals surface area contributed by atoms with Gasteiger partial charge < -0.3 is 4.52 Å². The summed E-state index contributed by atoms with van der Waals surface area (Å²) >= 11 is 0. The molecule has 118 valence electrons. The summed E-state index contributed by atoms with van der Waals surface area (Å²) in [4.78, 5) is 6.53. The van der Waals surface area contributed by atoms with Crippen LogP contribution in [0.2, 0.25) is 0 Å². The van der Waals surface area contributed by atoms with Crippen molar-refractivity contribution in [1.82, 2.24) is 15.0 Å². The number of aryl methyl sites for hydroxylation is 1. The van der Waals surface area contributed by atoms with E-state index < -0.39 is 0 Å². The molecule has 0 unspecified atom stereocenters.